The third-order valence-corrected chi connectivity index (χ3v) is 4.77. The van der Waals surface area contributed by atoms with Crippen LogP contribution in [0.2, 0.25) is 0 Å². The molecule has 0 unspecified atom stereocenters. The zero-order valence-corrected chi connectivity index (χ0v) is 12.3. The van der Waals surface area contributed by atoms with Crippen LogP contribution in [0.1, 0.15) is 33.8 Å². The molecule has 0 bridgehead atoms. The number of nitrogen functional groups attached to an aromatic ring is 1. The van der Waals surface area contributed by atoms with Gasteiger partial charge in [0.05, 0.1) is 11.4 Å². The van der Waals surface area contributed by atoms with Crippen LogP contribution in [-0.2, 0) is 0 Å². The molecule has 20 heavy (non-hydrogen) atoms. The zero-order chi connectivity index (χ0) is 14.3. The average Bonchev–Trinajstić information content (AvgIpc) is 3.02. The summed E-state index contributed by atoms with van der Waals surface area (Å²) in [4.78, 5) is 13.6. The summed E-state index contributed by atoms with van der Waals surface area (Å²) in [6, 6.07) is 0.182. The van der Waals surface area contributed by atoms with Gasteiger partial charge in [-0.15, -0.1) is 16.4 Å². The van der Waals surface area contributed by atoms with Crippen molar-refractivity contribution < 1.29 is 4.79 Å². The summed E-state index contributed by atoms with van der Waals surface area (Å²) in [5, 5.41) is 12.1. The first kappa shape index (κ1) is 13.1. The Hall–Kier alpha value is -1.95. The molecule has 6 heteroatoms. The quantitative estimate of drug-likeness (QED) is 0.831. The maximum Gasteiger partial charge on any atom is 0.263 e. The molecule has 3 rings (SSSR count). The number of rotatable bonds is 2. The maximum atomic E-state index is 12.3. The molecule has 5 nitrogen and oxygen atoms in total. The summed E-state index contributed by atoms with van der Waals surface area (Å²) in [6.07, 6.45) is 5.93. The second kappa shape index (κ2) is 4.86. The molecular weight excluding hydrogens is 272 g/mol. The van der Waals surface area contributed by atoms with Gasteiger partial charge in [0.25, 0.3) is 5.91 Å². The molecule has 2 aromatic rings. The van der Waals surface area contributed by atoms with Gasteiger partial charge in [-0.05, 0) is 32.3 Å². The summed E-state index contributed by atoms with van der Waals surface area (Å²) in [5.74, 6) is -0.115. The van der Waals surface area contributed by atoms with E-state index in [2.05, 4.69) is 27.7 Å². The van der Waals surface area contributed by atoms with Crippen LogP contribution in [0.4, 0.5) is 5.69 Å². The van der Waals surface area contributed by atoms with Gasteiger partial charge in [0.15, 0.2) is 0 Å². The van der Waals surface area contributed by atoms with Crippen LogP contribution < -0.4 is 11.1 Å². The van der Waals surface area contributed by atoms with Gasteiger partial charge in [-0.1, -0.05) is 12.2 Å². The van der Waals surface area contributed by atoms with E-state index in [1.165, 1.54) is 11.3 Å². The maximum absolute atomic E-state index is 12.3. The van der Waals surface area contributed by atoms with E-state index in [4.69, 9.17) is 5.73 Å². The number of aryl methyl sites for hydroxylation is 2. The van der Waals surface area contributed by atoms with Crippen LogP contribution in [0.5, 0.6) is 0 Å². The number of nitrogens with two attached hydrogens (primary N) is 1. The minimum atomic E-state index is -0.115. The third kappa shape index (κ3) is 2.06. The van der Waals surface area contributed by atoms with Gasteiger partial charge in [-0.2, -0.15) is 5.10 Å². The van der Waals surface area contributed by atoms with E-state index in [9.17, 15) is 4.79 Å². The van der Waals surface area contributed by atoms with Crippen LogP contribution in [0.25, 0.3) is 10.2 Å². The first-order chi connectivity index (χ1) is 9.58. The summed E-state index contributed by atoms with van der Waals surface area (Å²) >= 11 is 1.31. The Morgan fingerprint density at radius 1 is 1.35 bits per heavy atom. The molecule has 0 radical (unpaired) electrons. The molecule has 104 valence electrons. The molecule has 1 amide bonds. The van der Waals surface area contributed by atoms with Gasteiger partial charge in [0.2, 0.25) is 0 Å². The minimum Gasteiger partial charge on any atom is -0.397 e. The standard InChI is InChI=1S/C14H16N4OS/c1-7-8(2)17-18-14-10(7)11(15)12(20-14)13(19)16-9-5-3-4-6-9/h3-4,9H,5-6,15H2,1-2H3,(H,16,19). The lowest BCUT2D eigenvalue weighted by Crippen LogP contribution is -2.32. The van der Waals surface area contributed by atoms with Crippen molar-refractivity contribution in [1.29, 1.82) is 0 Å². The van der Waals surface area contributed by atoms with E-state index in [0.29, 0.717) is 10.6 Å². The highest BCUT2D eigenvalue weighted by molar-refractivity contribution is 7.21. The number of carbonyl (C=O) groups excluding carboxylic acids is 1. The lowest BCUT2D eigenvalue weighted by Gasteiger charge is -2.11. The van der Waals surface area contributed by atoms with E-state index >= 15 is 0 Å². The van der Waals surface area contributed by atoms with Crippen molar-refractivity contribution in [2.45, 2.75) is 32.7 Å². The van der Waals surface area contributed by atoms with E-state index in [1.54, 1.807) is 0 Å². The number of nitrogens with one attached hydrogen (secondary N) is 1. The van der Waals surface area contributed by atoms with Crippen molar-refractivity contribution in [2.24, 2.45) is 0 Å². The van der Waals surface area contributed by atoms with E-state index in [1.807, 2.05) is 13.8 Å². The highest BCUT2D eigenvalue weighted by atomic mass is 32.1. The SMILES string of the molecule is Cc1nnc2sc(C(=O)NC3CC=CC3)c(N)c2c1C. The Kier molecular flexibility index (Phi) is 3.17. The number of hydrogen-bond acceptors (Lipinski definition) is 5. The van der Waals surface area contributed by atoms with E-state index in [-0.39, 0.29) is 11.9 Å². The predicted octanol–water partition coefficient (Wildman–Crippen LogP) is 2.34. The number of anilines is 1. The van der Waals surface area contributed by atoms with Crippen LogP contribution in [0.3, 0.4) is 0 Å². The van der Waals surface area contributed by atoms with Crippen LogP contribution in [-0.4, -0.2) is 22.1 Å². The Morgan fingerprint density at radius 2 is 2.05 bits per heavy atom. The van der Waals surface area contributed by atoms with Crippen LogP contribution in [0, 0.1) is 13.8 Å². The van der Waals surface area contributed by atoms with Gasteiger partial charge < -0.3 is 11.1 Å². The fourth-order valence-corrected chi connectivity index (χ4v) is 3.40. The first-order valence-corrected chi connectivity index (χ1v) is 7.37. The zero-order valence-electron chi connectivity index (χ0n) is 11.4. The summed E-state index contributed by atoms with van der Waals surface area (Å²) < 4.78 is 0. The van der Waals surface area contributed by atoms with Crippen molar-refractivity contribution in [2.75, 3.05) is 5.73 Å². The van der Waals surface area contributed by atoms with Crippen molar-refractivity contribution in [3.63, 3.8) is 0 Å². The number of thiophene rings is 1. The minimum absolute atomic E-state index is 0.115. The molecule has 0 spiro atoms. The van der Waals surface area contributed by atoms with Gasteiger partial charge in [-0.3, -0.25) is 4.79 Å². The number of fused-ring (bicyclic) bond motifs is 1. The molecule has 0 fully saturated rings. The van der Waals surface area contributed by atoms with Gasteiger partial charge in [0.1, 0.15) is 9.71 Å². The second-order valence-corrected chi connectivity index (χ2v) is 6.05. The van der Waals surface area contributed by atoms with Gasteiger partial charge in [-0.25, -0.2) is 0 Å². The molecule has 1 aliphatic rings. The Balaban J connectivity index is 1.97. The molecule has 1 aliphatic carbocycles. The molecule has 2 heterocycles. The molecule has 0 saturated heterocycles. The lowest BCUT2D eigenvalue weighted by molar-refractivity contribution is 0.0944. The fraction of sp³-hybridized carbons (Fsp3) is 0.357. The van der Waals surface area contributed by atoms with Crippen LogP contribution in [0.15, 0.2) is 12.2 Å². The monoisotopic (exact) mass is 288 g/mol. The molecule has 2 aromatic heterocycles. The lowest BCUT2D eigenvalue weighted by atomic mass is 10.1. The second-order valence-electron chi connectivity index (χ2n) is 5.05. The van der Waals surface area contributed by atoms with E-state index < -0.39 is 0 Å². The number of nitrogens with zero attached hydrogens (tertiary/aromatic N) is 2. The number of aromatic nitrogens is 2. The third-order valence-electron chi connectivity index (χ3n) is 3.68. The predicted molar refractivity (Wildman–Crippen MR) is 80.9 cm³/mol. The van der Waals surface area contributed by atoms with Crippen LogP contribution >= 0.6 is 11.3 Å². The van der Waals surface area contributed by atoms with Crippen molar-refractivity contribution >= 4 is 33.1 Å². The van der Waals surface area contributed by atoms with Crippen molar-refractivity contribution in [3.05, 3.63) is 28.3 Å². The molecule has 3 N–H and O–H groups in total. The topological polar surface area (TPSA) is 80.9 Å². The largest absolute Gasteiger partial charge is 0.397 e. The number of amides is 1. The first-order valence-electron chi connectivity index (χ1n) is 6.55. The highest BCUT2D eigenvalue weighted by Crippen LogP contribution is 2.34. The molecule has 0 aliphatic heterocycles. The van der Waals surface area contributed by atoms with E-state index in [0.717, 1.165) is 34.3 Å². The summed E-state index contributed by atoms with van der Waals surface area (Å²) in [7, 11) is 0. The van der Waals surface area contributed by atoms with Crippen molar-refractivity contribution in [3.8, 4) is 0 Å². The normalized spacial score (nSPS) is 15.1. The number of hydrogen-bond donors (Lipinski definition) is 2. The van der Waals surface area contributed by atoms with Gasteiger partial charge >= 0.3 is 0 Å². The molecular formula is C14H16N4OS. The highest BCUT2D eigenvalue weighted by Gasteiger charge is 2.22. The Morgan fingerprint density at radius 3 is 2.75 bits per heavy atom. The smallest absolute Gasteiger partial charge is 0.263 e. The summed E-state index contributed by atoms with van der Waals surface area (Å²) in [5.41, 5.74) is 8.50. The fourth-order valence-electron chi connectivity index (χ4n) is 2.40. The average molecular weight is 288 g/mol. The molecule has 0 atom stereocenters. The van der Waals surface area contributed by atoms with Crippen molar-refractivity contribution in [1.82, 2.24) is 15.5 Å². The Labute approximate surface area is 120 Å². The molecule has 0 aromatic carbocycles. The Bertz CT molecular complexity index is 712. The van der Waals surface area contributed by atoms with Gasteiger partial charge in [0, 0.05) is 11.4 Å². The molecule has 0 saturated carbocycles. The number of carbonyl (C=O) groups is 1. The summed E-state index contributed by atoms with van der Waals surface area (Å²) in [6.45, 7) is 3.85.